The maximum atomic E-state index is 13.1. The molecule has 4 nitrogen and oxygen atoms in total. The Labute approximate surface area is 176 Å². The van der Waals surface area contributed by atoms with Gasteiger partial charge in [-0.05, 0) is 68.3 Å². The smallest absolute Gasteiger partial charge is 0.251 e. The van der Waals surface area contributed by atoms with Crippen LogP contribution in [0.3, 0.4) is 0 Å². The molecule has 3 aromatic carbocycles. The van der Waals surface area contributed by atoms with E-state index in [0.717, 1.165) is 22.4 Å². The van der Waals surface area contributed by atoms with Crippen molar-refractivity contribution in [2.24, 2.45) is 0 Å². The molecule has 0 aromatic heterocycles. The number of amides is 1. The van der Waals surface area contributed by atoms with Gasteiger partial charge in [0.25, 0.3) is 5.91 Å². The van der Waals surface area contributed by atoms with Crippen LogP contribution in [0.2, 0.25) is 0 Å². The minimum absolute atomic E-state index is 0.216. The molecule has 0 spiro atoms. The van der Waals surface area contributed by atoms with E-state index in [2.05, 4.69) is 5.32 Å². The first-order valence-corrected chi connectivity index (χ1v) is 9.98. The van der Waals surface area contributed by atoms with Gasteiger partial charge in [0.05, 0.1) is 12.6 Å². The molecule has 0 fully saturated rings. The molecule has 0 heterocycles. The maximum Gasteiger partial charge on any atom is 0.251 e. The average molecular weight is 407 g/mol. The standard InChI is InChI=1S/C25H26FNO3/c1-4-29-24-14-11-20(15-21(24)16-30-23-8-6-5-7-17(23)2)25(28)27-18(3)19-9-12-22(26)13-10-19/h5-15,18H,4,16H2,1-3H3,(H,27,28)/t18-/m1/s1. The summed E-state index contributed by atoms with van der Waals surface area (Å²) in [6.45, 7) is 6.57. The van der Waals surface area contributed by atoms with Gasteiger partial charge in [0.15, 0.2) is 0 Å². The largest absolute Gasteiger partial charge is 0.493 e. The third kappa shape index (κ3) is 5.38. The van der Waals surface area contributed by atoms with Crippen LogP contribution in [0.25, 0.3) is 0 Å². The first kappa shape index (κ1) is 21.4. The molecule has 30 heavy (non-hydrogen) atoms. The number of ether oxygens (including phenoxy) is 2. The van der Waals surface area contributed by atoms with Crippen molar-refractivity contribution in [3.05, 3.63) is 94.8 Å². The van der Waals surface area contributed by atoms with Gasteiger partial charge in [-0.25, -0.2) is 4.39 Å². The van der Waals surface area contributed by atoms with Crippen LogP contribution in [-0.4, -0.2) is 12.5 Å². The van der Waals surface area contributed by atoms with E-state index in [1.54, 1.807) is 30.3 Å². The number of rotatable bonds is 8. The predicted molar refractivity (Wildman–Crippen MR) is 115 cm³/mol. The van der Waals surface area contributed by atoms with Crippen LogP contribution in [-0.2, 0) is 6.61 Å². The summed E-state index contributed by atoms with van der Waals surface area (Å²) < 4.78 is 24.8. The number of carbonyl (C=O) groups excluding carboxylic acids is 1. The van der Waals surface area contributed by atoms with Gasteiger partial charge in [-0.3, -0.25) is 4.79 Å². The lowest BCUT2D eigenvalue weighted by atomic mass is 10.1. The zero-order valence-electron chi connectivity index (χ0n) is 17.4. The van der Waals surface area contributed by atoms with Crippen molar-refractivity contribution in [3.63, 3.8) is 0 Å². The zero-order chi connectivity index (χ0) is 21.5. The fourth-order valence-corrected chi connectivity index (χ4v) is 3.12. The summed E-state index contributed by atoms with van der Waals surface area (Å²) in [6.07, 6.45) is 0. The van der Waals surface area contributed by atoms with Crippen LogP contribution in [0.4, 0.5) is 4.39 Å². The highest BCUT2D eigenvalue weighted by atomic mass is 19.1. The van der Waals surface area contributed by atoms with E-state index in [1.165, 1.54) is 12.1 Å². The molecule has 1 amide bonds. The Bertz CT molecular complexity index is 1000. The molecule has 0 aliphatic heterocycles. The van der Waals surface area contributed by atoms with Crippen LogP contribution in [0.1, 0.15) is 46.9 Å². The average Bonchev–Trinajstić information content (AvgIpc) is 2.74. The quantitative estimate of drug-likeness (QED) is 0.528. The van der Waals surface area contributed by atoms with E-state index in [0.29, 0.717) is 17.9 Å². The normalized spacial score (nSPS) is 11.6. The van der Waals surface area contributed by atoms with Crippen LogP contribution < -0.4 is 14.8 Å². The second-order valence-electron chi connectivity index (χ2n) is 7.06. The second kappa shape index (κ2) is 9.92. The first-order valence-electron chi connectivity index (χ1n) is 9.98. The molecule has 0 aliphatic carbocycles. The number of halogens is 1. The van der Waals surface area contributed by atoms with E-state index in [4.69, 9.17) is 9.47 Å². The van der Waals surface area contributed by atoms with Crippen molar-refractivity contribution in [2.75, 3.05) is 6.61 Å². The van der Waals surface area contributed by atoms with Crippen molar-refractivity contribution in [3.8, 4) is 11.5 Å². The molecule has 0 saturated heterocycles. The molecule has 3 aromatic rings. The number of carbonyl (C=O) groups is 1. The number of hydrogen-bond acceptors (Lipinski definition) is 3. The Morgan fingerprint density at radius 3 is 2.43 bits per heavy atom. The summed E-state index contributed by atoms with van der Waals surface area (Å²) in [7, 11) is 0. The molecular formula is C25H26FNO3. The highest BCUT2D eigenvalue weighted by Crippen LogP contribution is 2.25. The number of nitrogens with one attached hydrogen (secondary N) is 1. The number of para-hydroxylation sites is 1. The zero-order valence-corrected chi connectivity index (χ0v) is 17.4. The van der Waals surface area contributed by atoms with E-state index in [9.17, 15) is 9.18 Å². The third-order valence-electron chi connectivity index (χ3n) is 4.82. The molecule has 1 atom stereocenters. The summed E-state index contributed by atoms with van der Waals surface area (Å²) >= 11 is 0. The lowest BCUT2D eigenvalue weighted by Gasteiger charge is -2.17. The molecule has 0 saturated carbocycles. The minimum Gasteiger partial charge on any atom is -0.493 e. The molecule has 1 N–H and O–H groups in total. The lowest BCUT2D eigenvalue weighted by Crippen LogP contribution is -2.26. The number of benzene rings is 3. The van der Waals surface area contributed by atoms with Crippen molar-refractivity contribution in [2.45, 2.75) is 33.4 Å². The molecule has 5 heteroatoms. The SMILES string of the molecule is CCOc1ccc(C(=O)N[C@H](C)c2ccc(F)cc2)cc1COc1ccccc1C. The van der Waals surface area contributed by atoms with E-state index in [-0.39, 0.29) is 24.4 Å². The molecule has 0 aliphatic rings. The summed E-state index contributed by atoms with van der Waals surface area (Å²) in [5.74, 6) is 0.961. The highest BCUT2D eigenvalue weighted by Gasteiger charge is 2.15. The van der Waals surface area contributed by atoms with Gasteiger partial charge in [-0.2, -0.15) is 0 Å². The van der Waals surface area contributed by atoms with Crippen molar-refractivity contribution in [1.82, 2.24) is 5.32 Å². The minimum atomic E-state index is -0.304. The van der Waals surface area contributed by atoms with Crippen molar-refractivity contribution in [1.29, 1.82) is 0 Å². The molecule has 0 bridgehead atoms. The van der Waals surface area contributed by atoms with Gasteiger partial charge < -0.3 is 14.8 Å². The van der Waals surface area contributed by atoms with E-state index in [1.807, 2.05) is 45.0 Å². The second-order valence-corrected chi connectivity index (χ2v) is 7.06. The van der Waals surface area contributed by atoms with Crippen molar-refractivity contribution >= 4 is 5.91 Å². The summed E-state index contributed by atoms with van der Waals surface area (Å²) in [6, 6.07) is 18.9. The Balaban J connectivity index is 1.76. The van der Waals surface area contributed by atoms with Gasteiger partial charge in [0.1, 0.15) is 23.9 Å². The fourth-order valence-electron chi connectivity index (χ4n) is 3.12. The lowest BCUT2D eigenvalue weighted by molar-refractivity contribution is 0.0939. The predicted octanol–water partition coefficient (Wildman–Crippen LogP) is 5.60. The maximum absolute atomic E-state index is 13.1. The Hall–Kier alpha value is -3.34. The molecular weight excluding hydrogens is 381 g/mol. The van der Waals surface area contributed by atoms with E-state index >= 15 is 0 Å². The van der Waals surface area contributed by atoms with Crippen molar-refractivity contribution < 1.29 is 18.7 Å². The van der Waals surface area contributed by atoms with Crippen LogP contribution in [0.5, 0.6) is 11.5 Å². The Morgan fingerprint density at radius 2 is 1.73 bits per heavy atom. The topological polar surface area (TPSA) is 47.6 Å². The van der Waals surface area contributed by atoms with Gasteiger partial charge in [0.2, 0.25) is 0 Å². The number of hydrogen-bond donors (Lipinski definition) is 1. The van der Waals surface area contributed by atoms with Gasteiger partial charge in [0, 0.05) is 11.1 Å². The number of aryl methyl sites for hydroxylation is 1. The van der Waals surface area contributed by atoms with Gasteiger partial charge >= 0.3 is 0 Å². The first-order chi connectivity index (χ1) is 14.5. The van der Waals surface area contributed by atoms with E-state index < -0.39 is 0 Å². The monoisotopic (exact) mass is 407 g/mol. The fraction of sp³-hybridized carbons (Fsp3) is 0.240. The molecule has 3 rings (SSSR count). The van der Waals surface area contributed by atoms with Crippen LogP contribution >= 0.6 is 0 Å². The van der Waals surface area contributed by atoms with Crippen LogP contribution in [0, 0.1) is 12.7 Å². The van der Waals surface area contributed by atoms with Crippen LogP contribution in [0.15, 0.2) is 66.7 Å². The Morgan fingerprint density at radius 1 is 1.00 bits per heavy atom. The molecule has 0 radical (unpaired) electrons. The summed E-state index contributed by atoms with van der Waals surface area (Å²) in [5.41, 5.74) is 3.18. The third-order valence-corrected chi connectivity index (χ3v) is 4.82. The summed E-state index contributed by atoms with van der Waals surface area (Å²) in [4.78, 5) is 12.8. The molecule has 156 valence electrons. The van der Waals surface area contributed by atoms with Gasteiger partial charge in [-0.1, -0.05) is 30.3 Å². The van der Waals surface area contributed by atoms with Gasteiger partial charge in [-0.15, -0.1) is 0 Å². The summed E-state index contributed by atoms with van der Waals surface area (Å²) in [5, 5.41) is 2.95. The highest BCUT2D eigenvalue weighted by molar-refractivity contribution is 5.94. The Kier molecular flexibility index (Phi) is 7.07. The molecule has 0 unspecified atom stereocenters.